The Morgan fingerprint density at radius 3 is 2.27 bits per heavy atom. The predicted molar refractivity (Wildman–Crippen MR) is 161 cm³/mol. The minimum atomic E-state index is -4.82. The molecule has 1 aliphatic rings. The van der Waals surface area contributed by atoms with Crippen molar-refractivity contribution in [2.45, 2.75) is 62.8 Å². The van der Waals surface area contributed by atoms with Crippen LogP contribution in [0.15, 0.2) is 53.6 Å². The third-order valence-electron chi connectivity index (χ3n) is 7.25. The van der Waals surface area contributed by atoms with Gasteiger partial charge in [-0.2, -0.15) is 0 Å². The van der Waals surface area contributed by atoms with E-state index in [9.17, 15) is 27.1 Å². The topological polar surface area (TPSA) is 134 Å². The van der Waals surface area contributed by atoms with Crippen molar-refractivity contribution in [3.63, 3.8) is 0 Å². The van der Waals surface area contributed by atoms with E-state index in [-0.39, 0.29) is 23.2 Å². The summed E-state index contributed by atoms with van der Waals surface area (Å²) in [6, 6.07) is 8.27. The van der Waals surface area contributed by atoms with Crippen molar-refractivity contribution in [1.82, 2.24) is 15.0 Å². The molecule has 0 atom stereocenters. The lowest BCUT2D eigenvalue weighted by molar-refractivity contribution is -0.142. The van der Waals surface area contributed by atoms with E-state index in [1.807, 2.05) is 25.5 Å². The van der Waals surface area contributed by atoms with Gasteiger partial charge in [-0.15, -0.1) is 11.3 Å². The van der Waals surface area contributed by atoms with Crippen LogP contribution in [0.25, 0.3) is 21.8 Å². The molecule has 2 heterocycles. The van der Waals surface area contributed by atoms with E-state index in [1.165, 1.54) is 23.5 Å². The third-order valence-corrected chi connectivity index (χ3v) is 10.2. The number of nitrogens with zero attached hydrogens (tertiary/aromatic N) is 3. The summed E-state index contributed by atoms with van der Waals surface area (Å²) in [7, 11) is -4.82. The van der Waals surface area contributed by atoms with Gasteiger partial charge in [-0.3, -0.25) is 9.52 Å². The highest BCUT2D eigenvalue weighted by atomic mass is 32.2. The van der Waals surface area contributed by atoms with E-state index in [0.29, 0.717) is 47.2 Å². The maximum absolute atomic E-state index is 16.0. The van der Waals surface area contributed by atoms with Gasteiger partial charge < -0.3 is 10.4 Å². The fraction of sp³-hybridized carbons (Fsp3) is 0.333. The molecule has 9 nitrogen and oxygen atoms in total. The zero-order chi connectivity index (χ0) is 31.8. The molecule has 3 N–H and O–H groups in total. The number of carbonyl (C=O) groups is 1. The van der Waals surface area contributed by atoms with Crippen molar-refractivity contribution in [1.29, 1.82) is 0 Å². The number of nitrogens with one attached hydrogen (secondary N) is 2. The first-order valence-corrected chi connectivity index (χ1v) is 16.1. The number of rotatable bonds is 8. The van der Waals surface area contributed by atoms with Gasteiger partial charge >= 0.3 is 5.97 Å². The summed E-state index contributed by atoms with van der Waals surface area (Å²) in [4.78, 5) is 24.3. The van der Waals surface area contributed by atoms with Gasteiger partial charge in [0.2, 0.25) is 5.95 Å². The van der Waals surface area contributed by atoms with E-state index in [4.69, 9.17) is 4.98 Å². The number of aromatic nitrogens is 3. The number of hydrogen-bond acceptors (Lipinski definition) is 8. The highest BCUT2D eigenvalue weighted by Crippen LogP contribution is 2.42. The van der Waals surface area contributed by atoms with Crippen LogP contribution >= 0.6 is 11.3 Å². The highest BCUT2D eigenvalue weighted by molar-refractivity contribution is 7.92. The molecule has 14 heteroatoms. The van der Waals surface area contributed by atoms with Crippen LogP contribution in [0, 0.1) is 23.4 Å². The Morgan fingerprint density at radius 1 is 0.977 bits per heavy atom. The SMILES string of the molecule is CC(C)(C)c1nc(-c2cccc(NS(=O)(=O)c3c(F)cccc3F)c2F)c(-c2ccnc(N[C@H]3CC[C@H](C(=O)O)CC3)n2)s1. The van der Waals surface area contributed by atoms with E-state index in [2.05, 4.69) is 15.3 Å². The molecule has 1 saturated carbocycles. The first kappa shape index (κ1) is 31.4. The number of anilines is 2. The number of carboxylic acids is 1. The van der Waals surface area contributed by atoms with Crippen molar-refractivity contribution in [2.75, 3.05) is 10.0 Å². The summed E-state index contributed by atoms with van der Waals surface area (Å²) in [5.74, 6) is -4.44. The maximum Gasteiger partial charge on any atom is 0.306 e. The zero-order valence-electron chi connectivity index (χ0n) is 24.1. The Morgan fingerprint density at radius 2 is 1.64 bits per heavy atom. The van der Waals surface area contributed by atoms with Crippen molar-refractivity contribution >= 4 is 39.0 Å². The lowest BCUT2D eigenvalue weighted by atomic mass is 9.86. The van der Waals surface area contributed by atoms with Gasteiger partial charge in [-0.05, 0) is 56.0 Å². The first-order valence-electron chi connectivity index (χ1n) is 13.8. The lowest BCUT2D eigenvalue weighted by Crippen LogP contribution is -2.29. The normalized spacial score (nSPS) is 17.3. The molecule has 232 valence electrons. The molecule has 0 aliphatic heterocycles. The number of benzene rings is 2. The average Bonchev–Trinajstić information content (AvgIpc) is 3.40. The van der Waals surface area contributed by atoms with E-state index in [0.717, 1.165) is 24.3 Å². The number of thiazole rings is 1. The van der Waals surface area contributed by atoms with E-state index in [1.54, 1.807) is 12.3 Å². The Labute approximate surface area is 256 Å². The Hall–Kier alpha value is -4.04. The van der Waals surface area contributed by atoms with E-state index >= 15 is 4.39 Å². The van der Waals surface area contributed by atoms with Gasteiger partial charge in [0.05, 0.1) is 32.9 Å². The number of sulfonamides is 1. The molecule has 1 fully saturated rings. The monoisotopic (exact) mass is 645 g/mol. The van der Waals surface area contributed by atoms with E-state index < -0.39 is 49.4 Å². The van der Waals surface area contributed by atoms with Crippen molar-refractivity contribution in [3.8, 4) is 21.8 Å². The van der Waals surface area contributed by atoms with Gasteiger partial charge in [-0.1, -0.05) is 32.9 Å². The second-order valence-electron chi connectivity index (χ2n) is 11.6. The Balaban J connectivity index is 1.51. The second kappa shape index (κ2) is 12.2. The second-order valence-corrected chi connectivity index (χ2v) is 14.2. The number of halogens is 3. The molecule has 1 aliphatic carbocycles. The average molecular weight is 646 g/mol. The standard InChI is InChI=1S/C30H30F3N5O4S2/c1-30(2,3)28-37-24(18-6-4-9-21(23(18)33)38-44(41,42)26-19(31)7-5-8-20(26)32)25(43-28)22-14-15-34-29(36-22)35-17-12-10-16(11-13-17)27(39)40/h4-9,14-17,38H,10-13H2,1-3H3,(H,39,40)(H,34,35,36)/t16-,17-. The van der Waals surface area contributed by atoms with Crippen LogP contribution in [-0.4, -0.2) is 40.5 Å². The summed E-state index contributed by atoms with van der Waals surface area (Å²) in [5, 5.41) is 13.2. The maximum atomic E-state index is 16.0. The number of carboxylic acid groups (broad SMARTS) is 1. The molecular weight excluding hydrogens is 615 g/mol. The van der Waals surface area contributed by atoms with Crippen molar-refractivity contribution < 1.29 is 31.5 Å². The van der Waals surface area contributed by atoms with Gasteiger partial charge in [0.25, 0.3) is 10.0 Å². The zero-order valence-corrected chi connectivity index (χ0v) is 25.7. The Kier molecular flexibility index (Phi) is 8.67. The molecule has 5 rings (SSSR count). The highest BCUT2D eigenvalue weighted by Gasteiger charge is 2.30. The smallest absolute Gasteiger partial charge is 0.306 e. The van der Waals surface area contributed by atoms with Crippen LogP contribution in [0.1, 0.15) is 51.5 Å². The minimum absolute atomic E-state index is 0.00615. The van der Waals surface area contributed by atoms with Crippen molar-refractivity contribution in [2.24, 2.45) is 5.92 Å². The number of aliphatic carboxylic acids is 1. The van der Waals surface area contributed by atoms with Gasteiger partial charge in [0.1, 0.15) is 11.6 Å². The largest absolute Gasteiger partial charge is 0.481 e. The summed E-state index contributed by atoms with van der Waals surface area (Å²) in [6.07, 6.45) is 3.94. The molecule has 0 unspecified atom stereocenters. The molecule has 0 radical (unpaired) electrons. The van der Waals surface area contributed by atoms with Gasteiger partial charge in [-0.25, -0.2) is 36.5 Å². The molecule has 0 saturated heterocycles. The summed E-state index contributed by atoms with van der Waals surface area (Å²) >= 11 is 1.30. The van der Waals surface area contributed by atoms with Gasteiger partial charge in [0.15, 0.2) is 10.7 Å². The molecular formula is C30H30F3N5O4S2. The lowest BCUT2D eigenvalue weighted by Gasteiger charge is -2.26. The summed E-state index contributed by atoms with van der Waals surface area (Å²) in [5.41, 5.74) is -0.317. The van der Waals surface area contributed by atoms with Crippen LogP contribution in [0.4, 0.5) is 24.8 Å². The van der Waals surface area contributed by atoms with Crippen LogP contribution in [-0.2, 0) is 20.2 Å². The molecule has 2 aromatic carbocycles. The quantitative estimate of drug-likeness (QED) is 0.190. The summed E-state index contributed by atoms with van der Waals surface area (Å²) in [6.45, 7) is 5.84. The molecule has 44 heavy (non-hydrogen) atoms. The van der Waals surface area contributed by atoms with Gasteiger partial charge in [0, 0.05) is 23.2 Å². The third kappa shape index (κ3) is 6.55. The fourth-order valence-corrected chi connectivity index (χ4v) is 7.25. The van der Waals surface area contributed by atoms with Crippen LogP contribution in [0.3, 0.4) is 0 Å². The molecule has 0 spiro atoms. The minimum Gasteiger partial charge on any atom is -0.481 e. The predicted octanol–water partition coefficient (Wildman–Crippen LogP) is 6.84. The fourth-order valence-electron chi connectivity index (χ4n) is 4.95. The molecule has 4 aromatic rings. The van der Waals surface area contributed by atoms with Crippen LogP contribution in [0.2, 0.25) is 0 Å². The first-order chi connectivity index (χ1) is 20.7. The molecule has 0 bridgehead atoms. The molecule has 2 aromatic heterocycles. The van der Waals surface area contributed by atoms with Crippen molar-refractivity contribution in [3.05, 3.63) is 71.1 Å². The van der Waals surface area contributed by atoms with Crippen LogP contribution < -0.4 is 10.0 Å². The number of hydrogen-bond donors (Lipinski definition) is 3. The van der Waals surface area contributed by atoms with Crippen LogP contribution in [0.5, 0.6) is 0 Å². The molecule has 0 amide bonds. The summed E-state index contributed by atoms with van der Waals surface area (Å²) < 4.78 is 72.4. The Bertz CT molecular complexity index is 1800.